The molecule has 0 aromatic carbocycles. The summed E-state index contributed by atoms with van der Waals surface area (Å²) in [6, 6.07) is 6.15. The number of halogens is 1. The Morgan fingerprint density at radius 3 is 2.87 bits per heavy atom. The molecule has 1 saturated heterocycles. The average molecular weight is 270 g/mol. The maximum atomic E-state index is 9.10. The van der Waals surface area contributed by atoms with Gasteiger partial charge >= 0.3 is 0 Å². The molecule has 15 heavy (non-hydrogen) atoms. The van der Waals surface area contributed by atoms with Crippen LogP contribution in [0.25, 0.3) is 0 Å². The van der Waals surface area contributed by atoms with Crippen molar-refractivity contribution in [2.75, 3.05) is 20.1 Å². The second-order valence-corrected chi connectivity index (χ2v) is 4.39. The fraction of sp³-hybridized carbons (Fsp3) is 0.500. The van der Waals surface area contributed by atoms with E-state index in [0.717, 1.165) is 13.1 Å². The molecule has 0 unspecified atom stereocenters. The first-order valence-electron chi connectivity index (χ1n) is 4.80. The van der Waals surface area contributed by atoms with Crippen molar-refractivity contribution in [3.05, 3.63) is 22.6 Å². The van der Waals surface area contributed by atoms with E-state index in [1.807, 2.05) is 19.2 Å². The molecule has 1 N–H and O–H groups in total. The Labute approximate surface area is 97.0 Å². The molecule has 2 heterocycles. The third kappa shape index (κ3) is 2.07. The van der Waals surface area contributed by atoms with Crippen LogP contribution >= 0.6 is 15.9 Å². The summed E-state index contributed by atoms with van der Waals surface area (Å²) in [4.78, 5) is 2.09. The molecule has 1 aliphatic rings. The molecular formula is C10H12BrN3O. The first-order chi connectivity index (χ1) is 7.24. The highest BCUT2D eigenvalue weighted by atomic mass is 79.9. The summed E-state index contributed by atoms with van der Waals surface area (Å²) < 4.78 is 6.06. The molecule has 0 aliphatic carbocycles. The van der Waals surface area contributed by atoms with Crippen LogP contribution in [0.15, 0.2) is 21.2 Å². The maximum Gasteiger partial charge on any atom is 0.169 e. The van der Waals surface area contributed by atoms with Crippen molar-refractivity contribution < 1.29 is 4.42 Å². The quantitative estimate of drug-likeness (QED) is 0.904. The summed E-state index contributed by atoms with van der Waals surface area (Å²) in [6.45, 7) is 1.79. The molecule has 0 amide bonds. The van der Waals surface area contributed by atoms with Gasteiger partial charge < -0.3 is 9.73 Å². The lowest BCUT2D eigenvalue weighted by molar-refractivity contribution is 0.0936. The molecule has 0 bridgehead atoms. The third-order valence-corrected chi connectivity index (χ3v) is 3.10. The SMILES string of the molecule is CNC1CN([C@H](C#N)c2ccc(Br)o2)C1. The number of nitrogens with one attached hydrogen (secondary N) is 1. The van der Waals surface area contributed by atoms with Gasteiger partial charge in [0, 0.05) is 19.1 Å². The van der Waals surface area contributed by atoms with Crippen molar-refractivity contribution in [1.29, 1.82) is 5.26 Å². The number of nitriles is 1. The van der Waals surface area contributed by atoms with Gasteiger partial charge in [-0.1, -0.05) is 0 Å². The van der Waals surface area contributed by atoms with Crippen molar-refractivity contribution in [1.82, 2.24) is 10.2 Å². The summed E-state index contributed by atoms with van der Waals surface area (Å²) in [6.07, 6.45) is 0. The van der Waals surface area contributed by atoms with Gasteiger partial charge in [-0.3, -0.25) is 4.90 Å². The lowest BCUT2D eigenvalue weighted by atomic mass is 10.0. The predicted octanol–water partition coefficient (Wildman–Crippen LogP) is 1.51. The minimum absolute atomic E-state index is 0.263. The van der Waals surface area contributed by atoms with Crippen LogP contribution in [-0.2, 0) is 0 Å². The molecule has 1 atom stereocenters. The zero-order valence-corrected chi connectivity index (χ0v) is 9.99. The highest BCUT2D eigenvalue weighted by Gasteiger charge is 2.33. The Kier molecular flexibility index (Phi) is 3.10. The topological polar surface area (TPSA) is 52.2 Å². The molecule has 1 fully saturated rings. The van der Waals surface area contributed by atoms with Crippen LogP contribution in [0.3, 0.4) is 0 Å². The number of likely N-dealkylation sites (N-methyl/N-ethyl adjacent to an activating group) is 1. The Morgan fingerprint density at radius 2 is 2.40 bits per heavy atom. The van der Waals surface area contributed by atoms with Crippen LogP contribution in [0, 0.1) is 11.3 Å². The molecule has 4 nitrogen and oxygen atoms in total. The van der Waals surface area contributed by atoms with Gasteiger partial charge in [-0.05, 0) is 35.1 Å². The monoisotopic (exact) mass is 269 g/mol. The first-order valence-corrected chi connectivity index (χ1v) is 5.60. The van der Waals surface area contributed by atoms with Gasteiger partial charge in [-0.2, -0.15) is 5.26 Å². The molecule has 2 rings (SSSR count). The summed E-state index contributed by atoms with van der Waals surface area (Å²) in [5, 5.41) is 12.3. The smallest absolute Gasteiger partial charge is 0.169 e. The average Bonchev–Trinajstić information content (AvgIpc) is 2.57. The number of hydrogen-bond donors (Lipinski definition) is 1. The number of hydrogen-bond acceptors (Lipinski definition) is 4. The van der Waals surface area contributed by atoms with Gasteiger partial charge in [-0.15, -0.1) is 0 Å². The van der Waals surface area contributed by atoms with Crippen molar-refractivity contribution in [3.63, 3.8) is 0 Å². The highest BCUT2D eigenvalue weighted by Crippen LogP contribution is 2.28. The molecule has 1 aromatic rings. The molecule has 0 radical (unpaired) electrons. The first kappa shape index (κ1) is 10.7. The van der Waals surface area contributed by atoms with Crippen LogP contribution in [-0.4, -0.2) is 31.1 Å². The van der Waals surface area contributed by atoms with Crippen LogP contribution in [0.2, 0.25) is 0 Å². The van der Waals surface area contributed by atoms with E-state index < -0.39 is 0 Å². The Bertz CT molecular complexity index is 378. The largest absolute Gasteiger partial charge is 0.452 e. The highest BCUT2D eigenvalue weighted by molar-refractivity contribution is 9.10. The van der Waals surface area contributed by atoms with E-state index in [2.05, 4.69) is 32.2 Å². The van der Waals surface area contributed by atoms with Crippen LogP contribution in [0.5, 0.6) is 0 Å². The standard InChI is InChI=1S/C10H12BrN3O/c1-13-7-5-14(6-7)8(4-12)9-2-3-10(11)15-9/h2-3,7-8,13H,5-6H2,1H3/t8-/m1/s1. The molecular weight excluding hydrogens is 258 g/mol. The van der Waals surface area contributed by atoms with Gasteiger partial charge in [0.2, 0.25) is 0 Å². The summed E-state index contributed by atoms with van der Waals surface area (Å²) >= 11 is 3.24. The Morgan fingerprint density at radius 1 is 1.67 bits per heavy atom. The molecule has 5 heteroatoms. The minimum atomic E-state index is -0.263. The fourth-order valence-corrected chi connectivity index (χ4v) is 2.03. The van der Waals surface area contributed by atoms with E-state index in [4.69, 9.17) is 9.68 Å². The lowest BCUT2D eigenvalue weighted by Crippen LogP contribution is -2.57. The maximum absolute atomic E-state index is 9.10. The fourth-order valence-electron chi connectivity index (χ4n) is 1.71. The summed E-state index contributed by atoms with van der Waals surface area (Å²) in [7, 11) is 1.94. The van der Waals surface area contributed by atoms with Gasteiger partial charge in [-0.25, -0.2) is 0 Å². The number of furan rings is 1. The predicted molar refractivity (Wildman–Crippen MR) is 59.2 cm³/mol. The second-order valence-electron chi connectivity index (χ2n) is 3.61. The van der Waals surface area contributed by atoms with Crippen LogP contribution in [0.4, 0.5) is 0 Å². The van der Waals surface area contributed by atoms with E-state index in [9.17, 15) is 0 Å². The van der Waals surface area contributed by atoms with Crippen molar-refractivity contribution in [2.45, 2.75) is 12.1 Å². The van der Waals surface area contributed by atoms with E-state index in [-0.39, 0.29) is 6.04 Å². The van der Waals surface area contributed by atoms with E-state index in [0.29, 0.717) is 16.5 Å². The molecule has 0 saturated carbocycles. The molecule has 0 spiro atoms. The van der Waals surface area contributed by atoms with Crippen LogP contribution < -0.4 is 5.32 Å². The lowest BCUT2D eigenvalue weighted by Gasteiger charge is -2.40. The van der Waals surface area contributed by atoms with Gasteiger partial charge in [0.25, 0.3) is 0 Å². The van der Waals surface area contributed by atoms with Gasteiger partial charge in [0.15, 0.2) is 10.7 Å². The second kappa shape index (κ2) is 4.35. The van der Waals surface area contributed by atoms with E-state index in [1.54, 1.807) is 0 Å². The van der Waals surface area contributed by atoms with E-state index in [1.165, 1.54) is 0 Å². The summed E-state index contributed by atoms with van der Waals surface area (Å²) in [5.41, 5.74) is 0. The third-order valence-electron chi connectivity index (χ3n) is 2.67. The number of rotatable bonds is 3. The normalized spacial score (nSPS) is 19.5. The zero-order valence-electron chi connectivity index (χ0n) is 8.40. The zero-order chi connectivity index (χ0) is 10.8. The Balaban J connectivity index is 2.04. The van der Waals surface area contributed by atoms with E-state index >= 15 is 0 Å². The molecule has 1 aliphatic heterocycles. The van der Waals surface area contributed by atoms with Crippen molar-refractivity contribution in [2.24, 2.45) is 0 Å². The number of nitrogens with zero attached hydrogens (tertiary/aromatic N) is 2. The van der Waals surface area contributed by atoms with Gasteiger partial charge in [0.1, 0.15) is 5.76 Å². The van der Waals surface area contributed by atoms with Gasteiger partial charge in [0.05, 0.1) is 6.07 Å². The summed E-state index contributed by atoms with van der Waals surface area (Å²) in [5.74, 6) is 0.707. The minimum Gasteiger partial charge on any atom is -0.452 e. The molecule has 80 valence electrons. The molecule has 1 aromatic heterocycles. The van der Waals surface area contributed by atoms with Crippen molar-refractivity contribution >= 4 is 15.9 Å². The van der Waals surface area contributed by atoms with Crippen molar-refractivity contribution in [3.8, 4) is 6.07 Å². The number of likely N-dealkylation sites (tertiary alicyclic amines) is 1. The Hall–Kier alpha value is -0.830. The van der Waals surface area contributed by atoms with Crippen LogP contribution in [0.1, 0.15) is 11.8 Å².